The highest BCUT2D eigenvalue weighted by Crippen LogP contribution is 2.09. The summed E-state index contributed by atoms with van der Waals surface area (Å²) in [7, 11) is 1.67. The van der Waals surface area contributed by atoms with Crippen molar-refractivity contribution in [1.29, 1.82) is 0 Å². The zero-order valence-electron chi connectivity index (χ0n) is 14.5. The molecule has 0 aliphatic rings. The summed E-state index contributed by atoms with van der Waals surface area (Å²) in [4.78, 5) is 6.92. The van der Waals surface area contributed by atoms with Gasteiger partial charge < -0.3 is 15.8 Å². The molecular weight excluding hydrogens is 403 g/mol. The Kier molecular flexibility index (Phi) is 13.1. The van der Waals surface area contributed by atoms with Gasteiger partial charge in [0.15, 0.2) is 5.96 Å². The van der Waals surface area contributed by atoms with Crippen molar-refractivity contribution >= 4 is 29.9 Å². The third-order valence-electron chi connectivity index (χ3n) is 3.73. The van der Waals surface area contributed by atoms with Crippen molar-refractivity contribution in [3.63, 3.8) is 0 Å². The second-order valence-electron chi connectivity index (χ2n) is 5.21. The van der Waals surface area contributed by atoms with E-state index >= 15 is 0 Å². The summed E-state index contributed by atoms with van der Waals surface area (Å²) in [6.07, 6.45) is 0.984. The number of aliphatic imine (C=N–C) groups is 1. The lowest BCUT2D eigenvalue weighted by atomic mass is 10.0. The van der Waals surface area contributed by atoms with E-state index in [-0.39, 0.29) is 24.0 Å². The van der Waals surface area contributed by atoms with Crippen molar-refractivity contribution < 1.29 is 4.74 Å². The van der Waals surface area contributed by atoms with Gasteiger partial charge in [0.2, 0.25) is 0 Å². The Morgan fingerprint density at radius 2 is 1.91 bits per heavy atom. The lowest BCUT2D eigenvalue weighted by Crippen LogP contribution is -2.41. The summed E-state index contributed by atoms with van der Waals surface area (Å²) in [6, 6.07) is 10.9. The highest BCUT2D eigenvalue weighted by molar-refractivity contribution is 14.0. The summed E-state index contributed by atoms with van der Waals surface area (Å²) in [5.74, 6) is 0.488. The molecule has 0 spiro atoms. The van der Waals surface area contributed by atoms with E-state index in [1.165, 1.54) is 5.56 Å². The highest BCUT2D eigenvalue weighted by Gasteiger charge is 2.16. The third kappa shape index (κ3) is 9.12. The number of guanidine groups is 1. The van der Waals surface area contributed by atoms with E-state index in [0.717, 1.165) is 19.5 Å². The van der Waals surface area contributed by atoms with Crippen LogP contribution in [0.4, 0.5) is 0 Å². The number of benzene rings is 1. The topological polar surface area (TPSA) is 62.9 Å². The van der Waals surface area contributed by atoms with Gasteiger partial charge in [-0.25, -0.2) is 0 Å². The first kappa shape index (κ1) is 22.1. The maximum absolute atomic E-state index is 5.90. The molecule has 0 heterocycles. The van der Waals surface area contributed by atoms with Gasteiger partial charge >= 0.3 is 0 Å². The summed E-state index contributed by atoms with van der Waals surface area (Å²) < 4.78 is 4.99. The highest BCUT2D eigenvalue weighted by atomic mass is 127. The number of nitrogens with two attached hydrogens (primary N) is 1. The summed E-state index contributed by atoms with van der Waals surface area (Å²) >= 11 is 0. The molecule has 0 fully saturated rings. The molecule has 0 aliphatic carbocycles. The largest absolute Gasteiger partial charge is 0.383 e. The zero-order valence-corrected chi connectivity index (χ0v) is 16.8. The van der Waals surface area contributed by atoms with Gasteiger partial charge in [0.05, 0.1) is 13.2 Å². The average molecular weight is 434 g/mol. The maximum atomic E-state index is 5.90. The fraction of sp³-hybridized carbons (Fsp3) is 0.588. The van der Waals surface area contributed by atoms with Gasteiger partial charge in [-0.3, -0.25) is 9.89 Å². The molecule has 5 nitrogen and oxygen atoms in total. The van der Waals surface area contributed by atoms with Crippen molar-refractivity contribution in [2.75, 3.05) is 39.9 Å². The van der Waals surface area contributed by atoms with Gasteiger partial charge in [-0.2, -0.15) is 0 Å². The number of methoxy groups -OCH3 is 1. The van der Waals surface area contributed by atoms with Gasteiger partial charge in [0, 0.05) is 19.7 Å². The van der Waals surface area contributed by atoms with Crippen LogP contribution >= 0.6 is 24.0 Å². The molecule has 3 N–H and O–H groups in total. The molecule has 1 rings (SSSR count). The van der Waals surface area contributed by atoms with E-state index in [2.05, 4.69) is 53.3 Å². The number of hydrogen-bond acceptors (Lipinski definition) is 3. The molecule has 23 heavy (non-hydrogen) atoms. The number of ether oxygens (including phenoxy) is 1. The minimum Gasteiger partial charge on any atom is -0.383 e. The monoisotopic (exact) mass is 434 g/mol. The van der Waals surface area contributed by atoms with Crippen LogP contribution in [-0.2, 0) is 11.2 Å². The SMILES string of the molecule is CCN(CC)C(CN=C(N)NCCOC)Cc1ccccc1.I. The van der Waals surface area contributed by atoms with Crippen molar-refractivity contribution in [2.24, 2.45) is 10.7 Å². The standard InChI is InChI=1S/C17H30N4O.HI/c1-4-21(5-2)16(13-15-9-7-6-8-10-15)14-20-17(18)19-11-12-22-3;/h6-10,16H,4-5,11-14H2,1-3H3,(H3,18,19,20);1H. The molecule has 1 unspecified atom stereocenters. The Labute approximate surface area is 157 Å². The van der Waals surface area contributed by atoms with Gasteiger partial charge in [-0.1, -0.05) is 44.2 Å². The predicted octanol–water partition coefficient (Wildman–Crippen LogP) is 2.11. The second kappa shape index (κ2) is 13.6. The van der Waals surface area contributed by atoms with Crippen molar-refractivity contribution in [1.82, 2.24) is 10.2 Å². The lowest BCUT2D eigenvalue weighted by molar-refractivity contribution is 0.203. The van der Waals surface area contributed by atoms with E-state index in [1.807, 2.05) is 6.07 Å². The van der Waals surface area contributed by atoms with Gasteiger partial charge in [0.25, 0.3) is 0 Å². The van der Waals surface area contributed by atoms with E-state index < -0.39 is 0 Å². The van der Waals surface area contributed by atoms with Crippen LogP contribution in [0.25, 0.3) is 0 Å². The first-order valence-corrected chi connectivity index (χ1v) is 8.01. The van der Waals surface area contributed by atoms with Gasteiger partial charge in [-0.05, 0) is 25.1 Å². The van der Waals surface area contributed by atoms with Crippen LogP contribution in [0, 0.1) is 0 Å². The number of likely N-dealkylation sites (N-methyl/N-ethyl adjacent to an activating group) is 1. The fourth-order valence-corrected chi connectivity index (χ4v) is 2.48. The smallest absolute Gasteiger partial charge is 0.188 e. The third-order valence-corrected chi connectivity index (χ3v) is 3.73. The number of hydrogen-bond donors (Lipinski definition) is 2. The molecule has 0 saturated carbocycles. The van der Waals surface area contributed by atoms with Crippen LogP contribution in [0.3, 0.4) is 0 Å². The minimum absolute atomic E-state index is 0. The number of rotatable bonds is 10. The number of halogens is 1. The molecule has 6 heteroatoms. The van der Waals surface area contributed by atoms with Crippen LogP contribution in [0.15, 0.2) is 35.3 Å². The molecule has 0 aliphatic heterocycles. The first-order chi connectivity index (χ1) is 10.7. The van der Waals surface area contributed by atoms with Crippen LogP contribution in [0.2, 0.25) is 0 Å². The second-order valence-corrected chi connectivity index (χ2v) is 5.21. The molecule has 0 saturated heterocycles. The maximum Gasteiger partial charge on any atom is 0.188 e. The Hall–Kier alpha value is -0.860. The molecule has 132 valence electrons. The molecule has 0 amide bonds. The molecule has 0 radical (unpaired) electrons. The van der Waals surface area contributed by atoms with E-state index in [0.29, 0.717) is 31.7 Å². The van der Waals surface area contributed by atoms with Crippen molar-refractivity contribution in [2.45, 2.75) is 26.3 Å². The lowest BCUT2D eigenvalue weighted by Gasteiger charge is -2.28. The van der Waals surface area contributed by atoms with Crippen LogP contribution in [0.1, 0.15) is 19.4 Å². The first-order valence-electron chi connectivity index (χ1n) is 8.01. The average Bonchev–Trinajstić information content (AvgIpc) is 2.54. The summed E-state index contributed by atoms with van der Waals surface area (Å²) in [6.45, 7) is 8.40. The number of nitrogens with one attached hydrogen (secondary N) is 1. The number of nitrogens with zero attached hydrogens (tertiary/aromatic N) is 2. The Balaban J connectivity index is 0.00000484. The Morgan fingerprint density at radius 1 is 1.26 bits per heavy atom. The van der Waals surface area contributed by atoms with Crippen molar-refractivity contribution in [3.8, 4) is 0 Å². The van der Waals surface area contributed by atoms with E-state index in [4.69, 9.17) is 10.5 Å². The molecule has 1 aromatic carbocycles. The summed E-state index contributed by atoms with van der Waals surface area (Å²) in [5.41, 5.74) is 7.24. The molecule has 0 aromatic heterocycles. The van der Waals surface area contributed by atoms with Crippen LogP contribution in [0.5, 0.6) is 0 Å². The minimum atomic E-state index is 0. The van der Waals surface area contributed by atoms with E-state index in [9.17, 15) is 0 Å². The normalized spacial score (nSPS) is 12.8. The molecule has 1 aromatic rings. The molecule has 1 atom stereocenters. The van der Waals surface area contributed by atoms with Crippen LogP contribution in [-0.4, -0.2) is 56.8 Å². The van der Waals surface area contributed by atoms with Crippen molar-refractivity contribution in [3.05, 3.63) is 35.9 Å². The van der Waals surface area contributed by atoms with Crippen LogP contribution < -0.4 is 11.1 Å². The Bertz CT molecular complexity index is 424. The van der Waals surface area contributed by atoms with Gasteiger partial charge in [0.1, 0.15) is 0 Å². The summed E-state index contributed by atoms with van der Waals surface area (Å²) in [5, 5.41) is 3.06. The zero-order chi connectivity index (χ0) is 16.2. The van der Waals surface area contributed by atoms with Gasteiger partial charge in [-0.15, -0.1) is 24.0 Å². The quantitative estimate of drug-likeness (QED) is 0.256. The Morgan fingerprint density at radius 3 is 2.48 bits per heavy atom. The predicted molar refractivity (Wildman–Crippen MR) is 109 cm³/mol. The molecule has 0 bridgehead atoms. The van der Waals surface area contributed by atoms with E-state index in [1.54, 1.807) is 7.11 Å². The molecular formula is C17H31IN4O. The fourth-order valence-electron chi connectivity index (χ4n) is 2.48.